The lowest BCUT2D eigenvalue weighted by Gasteiger charge is -2.09. The van der Waals surface area contributed by atoms with Gasteiger partial charge in [0.25, 0.3) is 15.0 Å². The fraction of sp³-hybridized carbons (Fsp3) is 0.667. The third-order valence-electron chi connectivity index (χ3n) is 3.53. The molecule has 112 valence electrons. The fourth-order valence-corrected chi connectivity index (χ4v) is 3.28. The van der Waals surface area contributed by atoms with E-state index in [1.54, 1.807) is 0 Å². The van der Waals surface area contributed by atoms with Crippen LogP contribution in [-0.2, 0) is 15.5 Å². The number of aromatic amines is 1. The molecule has 6 nitrogen and oxygen atoms in total. The standard InChI is InChI=1S/C12H18ClN3O3S/c1-3-4-8-10(20(13,18)19)9(16-15-8)11(17)14-7-12(2)5-6-12/h3-7H2,1-2H3,(H,14,17)(H,15,16). The van der Waals surface area contributed by atoms with Crippen LogP contribution < -0.4 is 5.32 Å². The SMILES string of the molecule is CCCc1[nH]nc(C(=O)NCC2(C)CC2)c1S(=O)(=O)Cl. The molecule has 2 N–H and O–H groups in total. The number of hydrogen-bond acceptors (Lipinski definition) is 4. The third kappa shape index (κ3) is 3.32. The van der Waals surface area contributed by atoms with E-state index in [9.17, 15) is 13.2 Å². The van der Waals surface area contributed by atoms with Crippen molar-refractivity contribution in [3.8, 4) is 0 Å². The van der Waals surface area contributed by atoms with Crippen molar-refractivity contribution in [2.24, 2.45) is 5.41 Å². The van der Waals surface area contributed by atoms with Gasteiger partial charge >= 0.3 is 0 Å². The summed E-state index contributed by atoms with van der Waals surface area (Å²) in [6, 6.07) is 0. The van der Waals surface area contributed by atoms with Gasteiger partial charge in [-0.15, -0.1) is 0 Å². The van der Waals surface area contributed by atoms with Gasteiger partial charge in [0.05, 0.1) is 5.69 Å². The van der Waals surface area contributed by atoms with Crippen molar-refractivity contribution in [1.82, 2.24) is 15.5 Å². The molecule has 0 saturated heterocycles. The highest BCUT2D eigenvalue weighted by Gasteiger charge is 2.38. The molecule has 1 aromatic rings. The first kappa shape index (κ1) is 15.3. The van der Waals surface area contributed by atoms with E-state index in [0.717, 1.165) is 19.3 Å². The summed E-state index contributed by atoms with van der Waals surface area (Å²) in [5, 5.41) is 9.15. The second-order valence-corrected chi connectivity index (χ2v) is 8.06. The number of hydrogen-bond donors (Lipinski definition) is 2. The quantitative estimate of drug-likeness (QED) is 0.782. The van der Waals surface area contributed by atoms with E-state index in [1.165, 1.54) is 0 Å². The molecule has 0 unspecified atom stereocenters. The van der Waals surface area contributed by atoms with Crippen LogP contribution in [0, 0.1) is 5.41 Å². The van der Waals surface area contributed by atoms with Gasteiger partial charge in [-0.05, 0) is 24.7 Å². The summed E-state index contributed by atoms with van der Waals surface area (Å²) in [6.07, 6.45) is 3.32. The predicted molar refractivity (Wildman–Crippen MR) is 75.3 cm³/mol. The van der Waals surface area contributed by atoms with Crippen molar-refractivity contribution in [3.63, 3.8) is 0 Å². The average molecular weight is 320 g/mol. The van der Waals surface area contributed by atoms with Crippen LogP contribution in [0.4, 0.5) is 0 Å². The normalized spacial score (nSPS) is 16.9. The van der Waals surface area contributed by atoms with Crippen molar-refractivity contribution in [2.75, 3.05) is 6.54 Å². The van der Waals surface area contributed by atoms with E-state index in [4.69, 9.17) is 10.7 Å². The number of carbonyl (C=O) groups excluding carboxylic acids is 1. The number of amides is 1. The number of carbonyl (C=O) groups is 1. The highest BCUT2D eigenvalue weighted by Crippen LogP contribution is 2.44. The van der Waals surface area contributed by atoms with E-state index in [-0.39, 0.29) is 16.0 Å². The summed E-state index contributed by atoms with van der Waals surface area (Å²) in [4.78, 5) is 11.9. The van der Waals surface area contributed by atoms with Gasteiger partial charge in [0.1, 0.15) is 4.90 Å². The second-order valence-electron chi connectivity index (χ2n) is 5.56. The molecule has 0 atom stereocenters. The van der Waals surface area contributed by atoms with Crippen molar-refractivity contribution in [1.29, 1.82) is 0 Å². The number of H-pyrrole nitrogens is 1. The largest absolute Gasteiger partial charge is 0.350 e. The summed E-state index contributed by atoms with van der Waals surface area (Å²) in [7, 11) is 1.42. The number of halogens is 1. The predicted octanol–water partition coefficient (Wildman–Crippen LogP) is 1.82. The first-order valence-electron chi connectivity index (χ1n) is 6.57. The van der Waals surface area contributed by atoms with Gasteiger partial charge in [-0.2, -0.15) is 5.10 Å². The maximum atomic E-state index is 12.1. The minimum atomic E-state index is -4.01. The van der Waals surface area contributed by atoms with Crippen molar-refractivity contribution < 1.29 is 13.2 Å². The summed E-state index contributed by atoms with van der Waals surface area (Å²) >= 11 is 0. The molecular formula is C12H18ClN3O3S. The summed E-state index contributed by atoms with van der Waals surface area (Å²) in [5.74, 6) is -0.504. The van der Waals surface area contributed by atoms with Crippen LogP contribution in [0.3, 0.4) is 0 Å². The van der Waals surface area contributed by atoms with E-state index in [1.807, 2.05) is 6.92 Å². The average Bonchev–Trinajstić information content (AvgIpc) is 2.91. The Balaban J connectivity index is 2.24. The molecule has 8 heteroatoms. The van der Waals surface area contributed by atoms with E-state index >= 15 is 0 Å². The molecule has 1 fully saturated rings. The van der Waals surface area contributed by atoms with E-state index in [2.05, 4.69) is 22.4 Å². The monoisotopic (exact) mass is 319 g/mol. The molecule has 2 rings (SSSR count). The molecule has 0 spiro atoms. The Morgan fingerprint density at radius 3 is 2.65 bits per heavy atom. The van der Waals surface area contributed by atoms with Crippen LogP contribution in [-0.4, -0.2) is 31.1 Å². The minimum Gasteiger partial charge on any atom is -0.350 e. The smallest absolute Gasteiger partial charge is 0.273 e. The number of aryl methyl sites for hydroxylation is 1. The molecule has 1 aliphatic carbocycles. The van der Waals surface area contributed by atoms with Crippen LogP contribution in [0.1, 0.15) is 49.3 Å². The van der Waals surface area contributed by atoms with Crippen LogP contribution in [0.25, 0.3) is 0 Å². The molecule has 1 heterocycles. The highest BCUT2D eigenvalue weighted by atomic mass is 35.7. The van der Waals surface area contributed by atoms with Crippen molar-refractivity contribution >= 4 is 25.6 Å². The minimum absolute atomic E-state index is 0.137. The van der Waals surface area contributed by atoms with Crippen molar-refractivity contribution in [3.05, 3.63) is 11.4 Å². The maximum Gasteiger partial charge on any atom is 0.273 e. The van der Waals surface area contributed by atoms with Gasteiger partial charge in [0, 0.05) is 17.2 Å². The third-order valence-corrected chi connectivity index (χ3v) is 4.92. The second kappa shape index (κ2) is 5.37. The van der Waals surface area contributed by atoms with Gasteiger partial charge < -0.3 is 5.32 Å². The lowest BCUT2D eigenvalue weighted by Crippen LogP contribution is -2.30. The zero-order chi connectivity index (χ0) is 15.0. The summed E-state index contributed by atoms with van der Waals surface area (Å²) in [5.41, 5.74) is 0.371. The highest BCUT2D eigenvalue weighted by molar-refractivity contribution is 8.13. The van der Waals surface area contributed by atoms with E-state index < -0.39 is 15.0 Å². The van der Waals surface area contributed by atoms with E-state index in [0.29, 0.717) is 18.7 Å². The Hall–Kier alpha value is -1.08. The lowest BCUT2D eigenvalue weighted by atomic mass is 10.1. The molecule has 0 radical (unpaired) electrons. The topological polar surface area (TPSA) is 91.9 Å². The van der Waals surface area contributed by atoms with Gasteiger partial charge in [-0.25, -0.2) is 8.42 Å². The fourth-order valence-electron chi connectivity index (χ4n) is 1.97. The Morgan fingerprint density at radius 1 is 1.50 bits per heavy atom. The van der Waals surface area contributed by atoms with Crippen LogP contribution >= 0.6 is 10.7 Å². The molecule has 1 amide bonds. The Kier molecular flexibility index (Phi) is 4.11. The van der Waals surface area contributed by atoms with Crippen LogP contribution in [0.15, 0.2) is 4.90 Å². The molecule has 0 aliphatic heterocycles. The van der Waals surface area contributed by atoms with Crippen LogP contribution in [0.5, 0.6) is 0 Å². The summed E-state index contributed by atoms with van der Waals surface area (Å²) < 4.78 is 23.3. The zero-order valence-corrected chi connectivity index (χ0v) is 13.1. The first-order valence-corrected chi connectivity index (χ1v) is 8.88. The number of aromatic nitrogens is 2. The maximum absolute atomic E-state index is 12.1. The summed E-state index contributed by atoms with van der Waals surface area (Å²) in [6.45, 7) is 4.49. The molecule has 1 aromatic heterocycles. The lowest BCUT2D eigenvalue weighted by molar-refractivity contribution is 0.0938. The van der Waals surface area contributed by atoms with Crippen molar-refractivity contribution in [2.45, 2.75) is 44.4 Å². The number of nitrogens with zero attached hydrogens (tertiary/aromatic N) is 1. The van der Waals surface area contributed by atoms with Gasteiger partial charge in [0.2, 0.25) is 0 Å². The molecular weight excluding hydrogens is 302 g/mol. The Morgan fingerprint density at radius 2 is 2.15 bits per heavy atom. The zero-order valence-electron chi connectivity index (χ0n) is 11.5. The van der Waals surface area contributed by atoms with Crippen LogP contribution in [0.2, 0.25) is 0 Å². The van der Waals surface area contributed by atoms with Gasteiger partial charge in [-0.1, -0.05) is 20.3 Å². The molecule has 1 saturated carbocycles. The van der Waals surface area contributed by atoms with Gasteiger partial charge in [0.15, 0.2) is 5.69 Å². The number of rotatable bonds is 6. The van der Waals surface area contributed by atoms with Gasteiger partial charge in [-0.3, -0.25) is 9.89 Å². The number of nitrogens with one attached hydrogen (secondary N) is 2. The Labute approximate surface area is 122 Å². The Bertz CT molecular complexity index is 620. The molecule has 0 aromatic carbocycles. The molecule has 20 heavy (non-hydrogen) atoms. The molecule has 0 bridgehead atoms. The molecule has 1 aliphatic rings. The first-order chi connectivity index (χ1) is 9.27.